The Morgan fingerprint density at radius 1 is 1.16 bits per heavy atom. The van der Waals surface area contributed by atoms with Gasteiger partial charge in [0.25, 0.3) is 0 Å². The molecule has 0 aliphatic carbocycles. The van der Waals surface area contributed by atoms with Crippen LogP contribution in [0.5, 0.6) is 5.75 Å². The highest BCUT2D eigenvalue weighted by Gasteiger charge is 2.41. The molecule has 1 amide bonds. The van der Waals surface area contributed by atoms with Gasteiger partial charge in [0.2, 0.25) is 5.91 Å². The Morgan fingerprint density at radius 2 is 1.94 bits per heavy atom. The number of ether oxygens (including phenoxy) is 2. The van der Waals surface area contributed by atoms with Crippen molar-refractivity contribution in [3.63, 3.8) is 0 Å². The number of allylic oxidation sites excluding steroid dienone is 1. The summed E-state index contributed by atoms with van der Waals surface area (Å²) < 4.78 is 10.8. The molecular formula is C24H22N2O5S. The molecule has 1 fully saturated rings. The van der Waals surface area contributed by atoms with Crippen molar-refractivity contribution >= 4 is 34.8 Å². The van der Waals surface area contributed by atoms with E-state index in [1.165, 1.54) is 18.7 Å². The number of nitrogens with zero attached hydrogens (tertiary/aromatic N) is 2. The molecule has 2 aliphatic rings. The second kappa shape index (κ2) is 9.40. The molecule has 164 valence electrons. The molecule has 2 aromatic carbocycles. The first-order valence-corrected chi connectivity index (χ1v) is 11.2. The van der Waals surface area contributed by atoms with Crippen molar-refractivity contribution in [3.8, 4) is 5.75 Å². The first-order valence-electron chi connectivity index (χ1n) is 10.2. The lowest BCUT2D eigenvalue weighted by Gasteiger charge is -2.39. The van der Waals surface area contributed by atoms with Crippen LogP contribution in [0.1, 0.15) is 37.4 Å². The minimum Gasteiger partial charge on any atom is -0.457 e. The fraction of sp³-hybridized carbons (Fsp3) is 0.250. The molecule has 32 heavy (non-hydrogen) atoms. The number of thioether (sulfide) groups is 1. The molecule has 0 bridgehead atoms. The molecule has 1 unspecified atom stereocenters. The Hall–Kier alpha value is -3.39. The highest BCUT2D eigenvalue weighted by molar-refractivity contribution is 8.14. The standard InChI is InChI=1S/C24H22N2O5S/c1-15-21(23(29)30-14-17-7-4-3-5-8-17)22(26-20(28)11-12-32-24(26)25-15)18-9-6-10-19(13-18)31-16(2)27/h3-10,13,22H,11-12,14H2,1-2H3. The smallest absolute Gasteiger partial charge is 0.338 e. The number of amides is 1. The Kier molecular flexibility index (Phi) is 6.41. The molecule has 1 atom stereocenters. The zero-order valence-corrected chi connectivity index (χ0v) is 18.6. The predicted octanol–water partition coefficient (Wildman–Crippen LogP) is 4.01. The lowest BCUT2D eigenvalue weighted by Crippen LogP contribution is -2.45. The summed E-state index contributed by atoms with van der Waals surface area (Å²) in [7, 11) is 0. The molecular weight excluding hydrogens is 428 g/mol. The molecule has 1 saturated heterocycles. The van der Waals surface area contributed by atoms with Crippen LogP contribution in [-0.4, -0.2) is 33.7 Å². The van der Waals surface area contributed by atoms with E-state index < -0.39 is 18.0 Å². The van der Waals surface area contributed by atoms with E-state index in [-0.39, 0.29) is 12.5 Å². The number of benzene rings is 2. The van der Waals surface area contributed by atoms with Gasteiger partial charge in [0.15, 0.2) is 5.17 Å². The largest absolute Gasteiger partial charge is 0.457 e. The van der Waals surface area contributed by atoms with Gasteiger partial charge in [-0.2, -0.15) is 0 Å². The lowest BCUT2D eigenvalue weighted by molar-refractivity contribution is -0.141. The predicted molar refractivity (Wildman–Crippen MR) is 121 cm³/mol. The van der Waals surface area contributed by atoms with Crippen molar-refractivity contribution in [1.29, 1.82) is 0 Å². The van der Waals surface area contributed by atoms with Crippen LogP contribution in [0.4, 0.5) is 0 Å². The first kappa shape index (κ1) is 21.8. The summed E-state index contributed by atoms with van der Waals surface area (Å²) in [6, 6.07) is 15.5. The summed E-state index contributed by atoms with van der Waals surface area (Å²) in [6.45, 7) is 3.17. The molecule has 8 heteroatoms. The molecule has 2 aromatic rings. The van der Waals surface area contributed by atoms with Gasteiger partial charge in [0.05, 0.1) is 17.3 Å². The van der Waals surface area contributed by atoms with Crippen molar-refractivity contribution in [1.82, 2.24) is 4.90 Å². The van der Waals surface area contributed by atoms with Gasteiger partial charge in [0.1, 0.15) is 12.4 Å². The number of hydrogen-bond acceptors (Lipinski definition) is 7. The molecule has 0 spiro atoms. The van der Waals surface area contributed by atoms with E-state index in [0.29, 0.717) is 39.9 Å². The van der Waals surface area contributed by atoms with E-state index in [9.17, 15) is 14.4 Å². The lowest BCUT2D eigenvalue weighted by atomic mass is 9.94. The number of carbonyl (C=O) groups excluding carboxylic acids is 3. The molecule has 2 heterocycles. The van der Waals surface area contributed by atoms with Crippen LogP contribution in [0, 0.1) is 0 Å². The average Bonchev–Trinajstić information content (AvgIpc) is 2.77. The minimum absolute atomic E-state index is 0.107. The van der Waals surface area contributed by atoms with E-state index in [4.69, 9.17) is 9.47 Å². The zero-order valence-electron chi connectivity index (χ0n) is 17.7. The zero-order chi connectivity index (χ0) is 22.7. The summed E-state index contributed by atoms with van der Waals surface area (Å²) in [5.41, 5.74) is 2.29. The van der Waals surface area contributed by atoms with Crippen LogP contribution in [0.3, 0.4) is 0 Å². The summed E-state index contributed by atoms with van der Waals surface area (Å²) in [4.78, 5) is 43.6. The maximum absolute atomic E-state index is 13.2. The number of fused-ring (bicyclic) bond motifs is 1. The highest BCUT2D eigenvalue weighted by atomic mass is 32.2. The minimum atomic E-state index is -0.721. The van der Waals surface area contributed by atoms with Gasteiger partial charge in [-0.1, -0.05) is 54.2 Å². The Labute approximate surface area is 190 Å². The number of amidine groups is 1. The van der Waals surface area contributed by atoms with Gasteiger partial charge < -0.3 is 9.47 Å². The molecule has 0 radical (unpaired) electrons. The van der Waals surface area contributed by atoms with E-state index >= 15 is 0 Å². The maximum atomic E-state index is 13.2. The van der Waals surface area contributed by atoms with E-state index in [1.807, 2.05) is 30.3 Å². The third-order valence-electron chi connectivity index (χ3n) is 5.07. The van der Waals surface area contributed by atoms with Gasteiger partial charge in [-0.05, 0) is 30.2 Å². The van der Waals surface area contributed by atoms with Crippen molar-refractivity contribution in [2.24, 2.45) is 4.99 Å². The Morgan fingerprint density at radius 3 is 2.69 bits per heavy atom. The third-order valence-corrected chi connectivity index (χ3v) is 6.03. The van der Waals surface area contributed by atoms with E-state index in [2.05, 4.69) is 4.99 Å². The number of hydrogen-bond donors (Lipinski definition) is 0. The number of esters is 2. The molecule has 4 rings (SSSR count). The Bertz CT molecular complexity index is 1130. The molecule has 2 aliphatic heterocycles. The fourth-order valence-electron chi connectivity index (χ4n) is 3.69. The quantitative estimate of drug-likeness (QED) is 0.506. The van der Waals surface area contributed by atoms with Crippen LogP contribution >= 0.6 is 11.8 Å². The Balaban J connectivity index is 1.72. The summed E-state index contributed by atoms with van der Waals surface area (Å²) in [5.74, 6) is -0.139. The first-order chi connectivity index (χ1) is 15.4. The normalized spacial score (nSPS) is 18.1. The highest BCUT2D eigenvalue weighted by Crippen LogP contribution is 2.41. The summed E-state index contributed by atoms with van der Waals surface area (Å²) in [6.07, 6.45) is 0.342. The average molecular weight is 451 g/mol. The third kappa shape index (κ3) is 4.60. The van der Waals surface area contributed by atoms with Crippen molar-refractivity contribution in [2.75, 3.05) is 5.75 Å². The van der Waals surface area contributed by atoms with Gasteiger partial charge in [0, 0.05) is 19.1 Å². The molecule has 7 nitrogen and oxygen atoms in total. The number of carbonyl (C=O) groups is 3. The molecule has 0 saturated carbocycles. The van der Waals surface area contributed by atoms with Gasteiger partial charge in [-0.25, -0.2) is 9.79 Å². The topological polar surface area (TPSA) is 85.3 Å². The van der Waals surface area contributed by atoms with Crippen molar-refractivity contribution < 1.29 is 23.9 Å². The van der Waals surface area contributed by atoms with Crippen LogP contribution in [-0.2, 0) is 25.7 Å². The molecule has 0 aromatic heterocycles. The van der Waals surface area contributed by atoms with Crippen molar-refractivity contribution in [2.45, 2.75) is 32.9 Å². The summed E-state index contributed by atoms with van der Waals surface area (Å²) >= 11 is 1.48. The maximum Gasteiger partial charge on any atom is 0.338 e. The van der Waals surface area contributed by atoms with Crippen LogP contribution < -0.4 is 4.74 Å². The van der Waals surface area contributed by atoms with E-state index in [0.717, 1.165) is 5.56 Å². The second-order valence-corrected chi connectivity index (χ2v) is 8.45. The number of rotatable bonds is 5. The second-order valence-electron chi connectivity index (χ2n) is 7.39. The number of aliphatic imine (C=N–C) groups is 1. The van der Waals surface area contributed by atoms with Gasteiger partial charge >= 0.3 is 11.9 Å². The van der Waals surface area contributed by atoms with E-state index in [1.54, 1.807) is 36.1 Å². The summed E-state index contributed by atoms with van der Waals surface area (Å²) in [5, 5.41) is 0.557. The van der Waals surface area contributed by atoms with Crippen LogP contribution in [0.25, 0.3) is 0 Å². The van der Waals surface area contributed by atoms with Gasteiger partial charge in [-0.3, -0.25) is 14.5 Å². The SMILES string of the molecule is CC(=O)Oc1cccc(C2C(C(=O)OCc3ccccc3)=C(C)N=C3SCCC(=O)N32)c1. The van der Waals surface area contributed by atoms with Gasteiger partial charge in [-0.15, -0.1) is 0 Å². The van der Waals surface area contributed by atoms with Crippen LogP contribution in [0.15, 0.2) is 70.9 Å². The molecule has 0 N–H and O–H groups in total. The monoisotopic (exact) mass is 450 g/mol. The van der Waals surface area contributed by atoms with Crippen molar-refractivity contribution in [3.05, 3.63) is 77.0 Å². The fourth-order valence-corrected chi connectivity index (χ4v) is 4.69. The van der Waals surface area contributed by atoms with Crippen LogP contribution in [0.2, 0.25) is 0 Å².